The quantitative estimate of drug-likeness (QED) is 0.0934. The maximum absolute atomic E-state index is 12.5. The normalized spacial score (nSPS) is 10.9. The van der Waals surface area contributed by atoms with Crippen molar-refractivity contribution in [1.29, 1.82) is 0 Å². The van der Waals surface area contributed by atoms with Gasteiger partial charge in [0.2, 0.25) is 11.6 Å². The van der Waals surface area contributed by atoms with Crippen LogP contribution in [0.15, 0.2) is 24.3 Å². The van der Waals surface area contributed by atoms with Crippen molar-refractivity contribution in [3.8, 4) is 9.75 Å². The van der Waals surface area contributed by atoms with Crippen LogP contribution in [0.2, 0.25) is 0 Å². The molecule has 0 fully saturated rings. The fourth-order valence-corrected chi connectivity index (χ4v) is 5.26. The molecule has 0 radical (unpaired) electrons. The molecule has 0 bridgehead atoms. The number of Topliss-reactive ketones (excluding diaryl/α,β-unsaturated/α-hetero) is 2. The molecule has 0 saturated carbocycles. The van der Waals surface area contributed by atoms with Gasteiger partial charge in [0.15, 0.2) is 13.2 Å². The summed E-state index contributed by atoms with van der Waals surface area (Å²) >= 11 is 2.42. The van der Waals surface area contributed by atoms with Gasteiger partial charge in [-0.3, -0.25) is 19.2 Å². The Hall–Kier alpha value is -3.78. The van der Waals surface area contributed by atoms with E-state index in [4.69, 9.17) is 19.3 Å². The van der Waals surface area contributed by atoms with Gasteiger partial charge in [-0.2, -0.15) is 0 Å². The summed E-state index contributed by atoms with van der Waals surface area (Å²) in [5, 5.41) is 13.3. The molecule has 2 heterocycles. The van der Waals surface area contributed by atoms with Crippen LogP contribution in [0, 0.1) is 0 Å². The Labute approximate surface area is 251 Å². The molecule has 0 atom stereocenters. The Bertz CT molecular complexity index is 1250. The minimum Gasteiger partial charge on any atom is -0.465 e. The van der Waals surface area contributed by atoms with Gasteiger partial charge in [-0.25, -0.2) is 9.59 Å². The Morgan fingerprint density at radius 3 is 1.60 bits per heavy atom. The van der Waals surface area contributed by atoms with E-state index in [-0.39, 0.29) is 37.6 Å². The first kappa shape index (κ1) is 34.4. The van der Waals surface area contributed by atoms with E-state index < -0.39 is 36.3 Å². The van der Waals surface area contributed by atoms with Crippen LogP contribution < -0.4 is 10.6 Å². The number of hydrogen-bond donors (Lipinski definition) is 3. The number of unbranched alkanes of at least 4 members (excludes halogenated alkanes) is 2. The van der Waals surface area contributed by atoms with Crippen LogP contribution in [-0.2, 0) is 23.8 Å². The van der Waals surface area contributed by atoms with Crippen LogP contribution in [-0.4, -0.2) is 72.7 Å². The maximum Gasteiger partial charge on any atom is 0.407 e. The molecule has 2 aromatic rings. The number of carboxylic acid groups (broad SMARTS) is 1. The predicted molar refractivity (Wildman–Crippen MR) is 156 cm³/mol. The van der Waals surface area contributed by atoms with Gasteiger partial charge in [0, 0.05) is 35.7 Å². The summed E-state index contributed by atoms with van der Waals surface area (Å²) in [5.74, 6) is -1.74. The number of rotatable bonds is 17. The summed E-state index contributed by atoms with van der Waals surface area (Å²) in [7, 11) is 0. The van der Waals surface area contributed by atoms with E-state index in [1.165, 1.54) is 22.7 Å². The van der Waals surface area contributed by atoms with Crippen molar-refractivity contribution in [3.63, 3.8) is 0 Å². The number of esters is 2. The lowest BCUT2D eigenvalue weighted by Crippen LogP contribution is -2.33. The van der Waals surface area contributed by atoms with Gasteiger partial charge in [0.05, 0.1) is 9.75 Å². The van der Waals surface area contributed by atoms with Gasteiger partial charge >= 0.3 is 24.1 Å². The highest BCUT2D eigenvalue weighted by molar-refractivity contribution is 7.23. The summed E-state index contributed by atoms with van der Waals surface area (Å²) < 4.78 is 15.2. The summed E-state index contributed by atoms with van der Waals surface area (Å²) in [6.07, 6.45) is 0.506. The molecule has 2 rings (SSSR count). The SMILES string of the molecule is CC(C)(C)OC(=O)NCCCCC(=O)OCC(=O)c1ccc(-c2ccc(C(=O)COC(=O)CCCCNC(=O)O)s2)s1. The molecule has 0 aromatic carbocycles. The fourth-order valence-electron chi connectivity index (χ4n) is 3.31. The zero-order chi connectivity index (χ0) is 31.1. The van der Waals surface area contributed by atoms with E-state index in [0.717, 1.165) is 9.75 Å². The third-order valence-electron chi connectivity index (χ3n) is 5.29. The smallest absolute Gasteiger partial charge is 0.407 e. The molecular weight excluding hydrogens is 588 g/mol. The van der Waals surface area contributed by atoms with Crippen molar-refractivity contribution in [2.45, 2.75) is 64.9 Å². The summed E-state index contributed by atoms with van der Waals surface area (Å²) in [4.78, 5) is 73.1. The Kier molecular flexibility index (Phi) is 14.1. The second-order valence-corrected chi connectivity index (χ2v) is 12.2. The molecule has 14 heteroatoms. The van der Waals surface area contributed by atoms with E-state index in [2.05, 4.69) is 10.6 Å². The second-order valence-electron chi connectivity index (χ2n) is 10.1. The first-order valence-corrected chi connectivity index (χ1v) is 15.0. The van der Waals surface area contributed by atoms with Crippen molar-refractivity contribution >= 4 is 58.4 Å². The van der Waals surface area contributed by atoms with Gasteiger partial charge in [-0.05, 0) is 70.7 Å². The minimum atomic E-state index is -1.12. The maximum atomic E-state index is 12.5. The topological polar surface area (TPSA) is 174 Å². The Morgan fingerprint density at radius 2 is 1.17 bits per heavy atom. The van der Waals surface area contributed by atoms with E-state index in [0.29, 0.717) is 42.0 Å². The van der Waals surface area contributed by atoms with Crippen LogP contribution in [0.3, 0.4) is 0 Å². The molecule has 42 heavy (non-hydrogen) atoms. The monoisotopic (exact) mass is 624 g/mol. The van der Waals surface area contributed by atoms with E-state index in [1.54, 1.807) is 45.0 Å². The van der Waals surface area contributed by atoms with Crippen LogP contribution >= 0.6 is 22.7 Å². The number of carbonyl (C=O) groups excluding carboxylic acids is 5. The van der Waals surface area contributed by atoms with E-state index in [1.807, 2.05) is 0 Å². The largest absolute Gasteiger partial charge is 0.465 e. The number of alkyl carbamates (subject to hydrolysis) is 1. The average molecular weight is 625 g/mol. The zero-order valence-electron chi connectivity index (χ0n) is 23.8. The highest BCUT2D eigenvalue weighted by Crippen LogP contribution is 2.34. The molecule has 0 saturated heterocycles. The van der Waals surface area contributed by atoms with Crippen molar-refractivity contribution in [2.75, 3.05) is 26.3 Å². The van der Waals surface area contributed by atoms with Gasteiger partial charge in [-0.1, -0.05) is 0 Å². The third-order valence-corrected chi connectivity index (χ3v) is 7.74. The first-order chi connectivity index (χ1) is 19.8. The molecule has 0 spiro atoms. The van der Waals surface area contributed by atoms with Gasteiger partial charge in [-0.15, -0.1) is 22.7 Å². The Morgan fingerprint density at radius 1 is 0.714 bits per heavy atom. The number of nitrogens with one attached hydrogen (secondary N) is 2. The molecule has 0 aliphatic rings. The molecule has 0 aliphatic heterocycles. The molecular formula is C28H36N2O10S2. The molecule has 2 amide bonds. The van der Waals surface area contributed by atoms with E-state index >= 15 is 0 Å². The second kappa shape index (κ2) is 17.2. The van der Waals surface area contributed by atoms with Crippen molar-refractivity contribution in [1.82, 2.24) is 10.6 Å². The molecule has 230 valence electrons. The molecule has 0 unspecified atom stereocenters. The number of thiophene rings is 2. The summed E-state index contributed by atoms with van der Waals surface area (Å²) in [5.41, 5.74) is -0.583. The van der Waals surface area contributed by atoms with Crippen molar-refractivity contribution < 1.29 is 48.1 Å². The van der Waals surface area contributed by atoms with Crippen LogP contribution in [0.5, 0.6) is 0 Å². The lowest BCUT2D eigenvalue weighted by atomic mass is 10.2. The number of ether oxygens (including phenoxy) is 3. The van der Waals surface area contributed by atoms with Crippen molar-refractivity contribution in [2.24, 2.45) is 0 Å². The minimum absolute atomic E-state index is 0.0823. The predicted octanol–water partition coefficient (Wildman–Crippen LogP) is 5.06. The van der Waals surface area contributed by atoms with Crippen LogP contribution in [0.1, 0.15) is 78.6 Å². The van der Waals surface area contributed by atoms with Crippen LogP contribution in [0.4, 0.5) is 9.59 Å². The Balaban J connectivity index is 1.69. The number of amides is 2. The van der Waals surface area contributed by atoms with E-state index in [9.17, 15) is 28.8 Å². The highest BCUT2D eigenvalue weighted by atomic mass is 32.1. The number of ketones is 2. The molecule has 2 aromatic heterocycles. The number of hydrogen-bond acceptors (Lipinski definition) is 11. The first-order valence-electron chi connectivity index (χ1n) is 13.4. The number of carbonyl (C=O) groups is 6. The summed E-state index contributed by atoms with van der Waals surface area (Å²) in [6.45, 7) is 5.11. The molecule has 12 nitrogen and oxygen atoms in total. The third kappa shape index (κ3) is 13.7. The highest BCUT2D eigenvalue weighted by Gasteiger charge is 2.18. The molecule has 3 N–H and O–H groups in total. The van der Waals surface area contributed by atoms with Gasteiger partial charge in [0.1, 0.15) is 5.60 Å². The van der Waals surface area contributed by atoms with Gasteiger partial charge < -0.3 is 30.0 Å². The summed E-state index contributed by atoms with van der Waals surface area (Å²) in [6, 6.07) is 6.75. The average Bonchev–Trinajstić information content (AvgIpc) is 3.59. The standard InChI is InChI=1S/C28H36N2O10S2/c1-28(2,3)40-27(37)30-15-7-5-9-25(34)39-17-19(32)21-11-13-23(42-21)22-12-10-20(41-22)18(31)16-38-24(33)8-4-6-14-29-26(35)36/h10-13,29H,4-9,14-17H2,1-3H3,(H,30,37)(H,35,36). The van der Waals surface area contributed by atoms with Crippen LogP contribution in [0.25, 0.3) is 9.75 Å². The zero-order valence-corrected chi connectivity index (χ0v) is 25.5. The lowest BCUT2D eigenvalue weighted by molar-refractivity contribution is -0.143. The lowest BCUT2D eigenvalue weighted by Gasteiger charge is -2.19. The molecule has 0 aliphatic carbocycles. The fraction of sp³-hybridized carbons (Fsp3) is 0.500. The van der Waals surface area contributed by atoms with Crippen molar-refractivity contribution in [3.05, 3.63) is 34.0 Å². The van der Waals surface area contributed by atoms with Gasteiger partial charge in [0.25, 0.3) is 0 Å².